The van der Waals surface area contributed by atoms with Gasteiger partial charge in [0.1, 0.15) is 11.5 Å². The lowest BCUT2D eigenvalue weighted by Crippen LogP contribution is -2.44. The van der Waals surface area contributed by atoms with E-state index >= 15 is 0 Å². The maximum atomic E-state index is 12.3. The maximum absolute atomic E-state index is 12.3. The second kappa shape index (κ2) is 8.04. The molecule has 24 heavy (non-hydrogen) atoms. The fourth-order valence-electron chi connectivity index (χ4n) is 3.22. The first-order valence-electron chi connectivity index (χ1n) is 8.22. The zero-order valence-corrected chi connectivity index (χ0v) is 14.3. The molecule has 6 heteroatoms. The van der Waals surface area contributed by atoms with Crippen LogP contribution in [0.4, 0.5) is 0 Å². The third-order valence-corrected chi connectivity index (χ3v) is 4.73. The van der Waals surface area contributed by atoms with Crippen molar-refractivity contribution < 1.29 is 24.2 Å². The number of carbonyl (C=O) groups excluding carboxylic acids is 1. The zero-order valence-electron chi connectivity index (χ0n) is 14.3. The molecule has 1 aromatic carbocycles. The number of hydrogen-bond donors (Lipinski definition) is 2. The molecule has 1 fully saturated rings. The van der Waals surface area contributed by atoms with Crippen LogP contribution in [0.2, 0.25) is 0 Å². The van der Waals surface area contributed by atoms with Crippen molar-refractivity contribution in [3.8, 4) is 11.5 Å². The lowest BCUT2D eigenvalue weighted by atomic mass is 9.74. The van der Waals surface area contributed by atoms with E-state index in [2.05, 4.69) is 5.32 Å². The fourth-order valence-corrected chi connectivity index (χ4v) is 3.22. The molecule has 0 spiro atoms. The third kappa shape index (κ3) is 4.19. The Labute approximate surface area is 142 Å². The monoisotopic (exact) mass is 335 g/mol. The highest BCUT2D eigenvalue weighted by atomic mass is 16.5. The van der Waals surface area contributed by atoms with Gasteiger partial charge in [0, 0.05) is 12.1 Å². The molecule has 0 bridgehead atoms. The van der Waals surface area contributed by atoms with Gasteiger partial charge in [0.15, 0.2) is 0 Å². The summed E-state index contributed by atoms with van der Waals surface area (Å²) in [6, 6.07) is 5.27. The summed E-state index contributed by atoms with van der Waals surface area (Å²) in [6.45, 7) is 0.174. The maximum Gasteiger partial charge on any atom is 0.311 e. The van der Waals surface area contributed by atoms with Crippen LogP contribution in [0.25, 0.3) is 0 Å². The van der Waals surface area contributed by atoms with Crippen molar-refractivity contribution in [1.82, 2.24) is 5.32 Å². The van der Waals surface area contributed by atoms with Gasteiger partial charge in [-0.05, 0) is 31.0 Å². The first-order valence-corrected chi connectivity index (χ1v) is 8.22. The Balaban J connectivity index is 2.01. The van der Waals surface area contributed by atoms with Crippen molar-refractivity contribution in [2.75, 3.05) is 20.8 Å². The van der Waals surface area contributed by atoms with Crippen molar-refractivity contribution in [2.24, 2.45) is 5.41 Å². The number of benzene rings is 1. The molecule has 0 radical (unpaired) electrons. The molecule has 6 nitrogen and oxygen atoms in total. The highest BCUT2D eigenvalue weighted by Crippen LogP contribution is 2.36. The molecule has 0 unspecified atom stereocenters. The number of aliphatic carboxylic acids is 1. The second-order valence-corrected chi connectivity index (χ2v) is 6.28. The Morgan fingerprint density at radius 2 is 1.88 bits per heavy atom. The third-order valence-electron chi connectivity index (χ3n) is 4.73. The van der Waals surface area contributed by atoms with Crippen molar-refractivity contribution in [3.05, 3.63) is 23.8 Å². The zero-order chi connectivity index (χ0) is 17.6. The van der Waals surface area contributed by atoms with Crippen molar-refractivity contribution in [2.45, 2.75) is 38.5 Å². The summed E-state index contributed by atoms with van der Waals surface area (Å²) in [6.07, 6.45) is 4.20. The Hall–Kier alpha value is -2.24. The summed E-state index contributed by atoms with van der Waals surface area (Å²) in [5, 5.41) is 12.3. The standard InChI is InChI=1S/C18H25NO5/c1-23-14-6-7-15(24-2)13(10-14)11-16(20)19-12-18(17(21)22)8-4-3-5-9-18/h6-7,10H,3-5,8-9,11-12H2,1-2H3,(H,19,20)(H,21,22). The number of carboxylic acids is 1. The quantitative estimate of drug-likeness (QED) is 0.799. The second-order valence-electron chi connectivity index (χ2n) is 6.28. The minimum absolute atomic E-state index is 0.121. The number of amides is 1. The topological polar surface area (TPSA) is 84.9 Å². The summed E-state index contributed by atoms with van der Waals surface area (Å²) >= 11 is 0. The summed E-state index contributed by atoms with van der Waals surface area (Å²) in [5.41, 5.74) is -0.116. The minimum atomic E-state index is -0.827. The van der Waals surface area contributed by atoms with Gasteiger partial charge < -0.3 is 19.9 Å². The van der Waals surface area contributed by atoms with E-state index in [-0.39, 0.29) is 18.9 Å². The first kappa shape index (κ1) is 18.1. The highest BCUT2D eigenvalue weighted by molar-refractivity contribution is 5.81. The van der Waals surface area contributed by atoms with E-state index in [1.807, 2.05) is 0 Å². The molecule has 1 aliphatic rings. The van der Waals surface area contributed by atoms with Gasteiger partial charge in [0.25, 0.3) is 0 Å². The van der Waals surface area contributed by atoms with E-state index < -0.39 is 11.4 Å². The number of nitrogens with one attached hydrogen (secondary N) is 1. The van der Waals surface area contributed by atoms with Gasteiger partial charge in [0.2, 0.25) is 5.91 Å². The van der Waals surface area contributed by atoms with Gasteiger partial charge in [-0.15, -0.1) is 0 Å². The van der Waals surface area contributed by atoms with Gasteiger partial charge >= 0.3 is 5.97 Å². The molecule has 0 aromatic heterocycles. The van der Waals surface area contributed by atoms with Crippen molar-refractivity contribution in [1.29, 1.82) is 0 Å². The molecule has 0 heterocycles. The average molecular weight is 335 g/mol. The van der Waals surface area contributed by atoms with Gasteiger partial charge in [-0.25, -0.2) is 0 Å². The van der Waals surface area contributed by atoms with E-state index in [0.717, 1.165) is 19.3 Å². The van der Waals surface area contributed by atoms with E-state index in [0.29, 0.717) is 29.9 Å². The molecule has 0 atom stereocenters. The summed E-state index contributed by atoms with van der Waals surface area (Å²) in [7, 11) is 3.11. The molecule has 132 valence electrons. The van der Waals surface area contributed by atoms with Crippen LogP contribution in [-0.2, 0) is 16.0 Å². The van der Waals surface area contributed by atoms with Gasteiger partial charge in [-0.3, -0.25) is 9.59 Å². The van der Waals surface area contributed by atoms with Crippen LogP contribution in [0, 0.1) is 5.41 Å². The molecule has 0 aliphatic heterocycles. The summed E-state index contributed by atoms with van der Waals surface area (Å²) in [5.74, 6) is 0.221. The van der Waals surface area contributed by atoms with Gasteiger partial charge in [0.05, 0.1) is 26.1 Å². The fraction of sp³-hybridized carbons (Fsp3) is 0.556. The van der Waals surface area contributed by atoms with Crippen LogP contribution >= 0.6 is 0 Å². The summed E-state index contributed by atoms with van der Waals surface area (Å²) < 4.78 is 10.4. The van der Waals surface area contributed by atoms with Crippen molar-refractivity contribution >= 4 is 11.9 Å². The van der Waals surface area contributed by atoms with E-state index in [9.17, 15) is 14.7 Å². The number of rotatable bonds is 7. The van der Waals surface area contributed by atoms with Crippen LogP contribution in [0.3, 0.4) is 0 Å². The number of hydrogen-bond acceptors (Lipinski definition) is 4. The lowest BCUT2D eigenvalue weighted by Gasteiger charge is -2.33. The smallest absolute Gasteiger partial charge is 0.311 e. The minimum Gasteiger partial charge on any atom is -0.497 e. The Morgan fingerprint density at radius 1 is 1.17 bits per heavy atom. The number of carbonyl (C=O) groups is 2. The predicted octanol–water partition coefficient (Wildman–Crippen LogP) is 2.40. The Morgan fingerprint density at radius 3 is 2.46 bits per heavy atom. The normalized spacial score (nSPS) is 16.2. The van der Waals surface area contributed by atoms with Crippen molar-refractivity contribution in [3.63, 3.8) is 0 Å². The van der Waals surface area contributed by atoms with Crippen LogP contribution < -0.4 is 14.8 Å². The number of carboxylic acid groups (broad SMARTS) is 1. The molecular weight excluding hydrogens is 310 g/mol. The molecule has 2 rings (SSSR count). The largest absolute Gasteiger partial charge is 0.497 e. The molecule has 2 N–H and O–H groups in total. The molecule has 1 aliphatic carbocycles. The molecule has 1 aromatic rings. The molecule has 1 amide bonds. The molecule has 0 saturated heterocycles. The van der Waals surface area contributed by atoms with E-state index in [1.54, 1.807) is 32.4 Å². The van der Waals surface area contributed by atoms with Crippen LogP contribution in [-0.4, -0.2) is 37.7 Å². The highest BCUT2D eigenvalue weighted by Gasteiger charge is 2.39. The summed E-state index contributed by atoms with van der Waals surface area (Å²) in [4.78, 5) is 23.9. The molecular formula is C18H25NO5. The van der Waals surface area contributed by atoms with Crippen LogP contribution in [0.15, 0.2) is 18.2 Å². The Bertz CT molecular complexity index is 593. The SMILES string of the molecule is COc1ccc(OC)c(CC(=O)NCC2(C(=O)O)CCCCC2)c1. The Kier molecular flexibility index (Phi) is 6.06. The lowest BCUT2D eigenvalue weighted by molar-refractivity contribution is -0.151. The van der Waals surface area contributed by atoms with E-state index in [4.69, 9.17) is 9.47 Å². The van der Waals surface area contributed by atoms with Gasteiger partial charge in [-0.2, -0.15) is 0 Å². The number of methoxy groups -OCH3 is 2. The first-order chi connectivity index (χ1) is 11.5. The van der Waals surface area contributed by atoms with Crippen LogP contribution in [0.5, 0.6) is 11.5 Å². The predicted molar refractivity (Wildman–Crippen MR) is 89.4 cm³/mol. The van der Waals surface area contributed by atoms with E-state index in [1.165, 1.54) is 0 Å². The van der Waals surface area contributed by atoms with Gasteiger partial charge in [-0.1, -0.05) is 19.3 Å². The average Bonchev–Trinajstić information content (AvgIpc) is 2.60. The number of ether oxygens (including phenoxy) is 2. The molecule has 1 saturated carbocycles. The van der Waals surface area contributed by atoms with Crippen LogP contribution in [0.1, 0.15) is 37.7 Å².